The van der Waals surface area contributed by atoms with E-state index in [9.17, 15) is 4.79 Å². The van der Waals surface area contributed by atoms with E-state index in [0.29, 0.717) is 5.92 Å². The van der Waals surface area contributed by atoms with Crippen LogP contribution in [0.1, 0.15) is 18.4 Å². The molecule has 2 amide bonds. The maximum absolute atomic E-state index is 12.2. The summed E-state index contributed by atoms with van der Waals surface area (Å²) in [5.41, 5.74) is 2.35. The van der Waals surface area contributed by atoms with Crippen LogP contribution in [0.15, 0.2) is 24.3 Å². The van der Waals surface area contributed by atoms with E-state index in [4.69, 9.17) is 0 Å². The third kappa shape index (κ3) is 2.73. The summed E-state index contributed by atoms with van der Waals surface area (Å²) in [4.78, 5) is 14.1. The lowest BCUT2D eigenvalue weighted by atomic mass is 9.98. The van der Waals surface area contributed by atoms with Crippen LogP contribution in [0.25, 0.3) is 0 Å². The average molecular weight is 259 g/mol. The summed E-state index contributed by atoms with van der Waals surface area (Å²) in [6.07, 6.45) is 3.30. The molecule has 0 atom stereocenters. The number of hydrogen-bond donors (Lipinski definition) is 2. The van der Waals surface area contributed by atoms with Crippen LogP contribution in [0.4, 0.5) is 10.5 Å². The molecule has 0 spiro atoms. The number of fused-ring (bicyclic) bond motifs is 1. The van der Waals surface area contributed by atoms with Crippen molar-refractivity contribution < 1.29 is 4.79 Å². The Kier molecular flexibility index (Phi) is 3.69. The minimum absolute atomic E-state index is 0.0588. The molecular weight excluding hydrogens is 238 g/mol. The van der Waals surface area contributed by atoms with Crippen LogP contribution >= 0.6 is 0 Å². The highest BCUT2D eigenvalue weighted by Gasteiger charge is 2.24. The number of para-hydroxylation sites is 1. The molecule has 1 aromatic carbocycles. The summed E-state index contributed by atoms with van der Waals surface area (Å²) >= 11 is 0. The number of piperidine rings is 1. The molecule has 0 radical (unpaired) electrons. The Morgan fingerprint density at radius 1 is 1.32 bits per heavy atom. The van der Waals surface area contributed by atoms with E-state index < -0.39 is 0 Å². The Hall–Kier alpha value is -1.55. The highest BCUT2D eigenvalue weighted by molar-refractivity contribution is 5.94. The van der Waals surface area contributed by atoms with Gasteiger partial charge in [-0.15, -0.1) is 0 Å². The molecular formula is C15H21N3O. The molecule has 0 aliphatic carbocycles. The van der Waals surface area contributed by atoms with Crippen molar-refractivity contribution in [3.05, 3.63) is 29.8 Å². The van der Waals surface area contributed by atoms with Gasteiger partial charge in [0.2, 0.25) is 0 Å². The molecule has 102 valence electrons. The number of urea groups is 1. The predicted octanol–water partition coefficient (Wildman–Crippen LogP) is 1.76. The van der Waals surface area contributed by atoms with Crippen molar-refractivity contribution in [1.82, 2.24) is 10.6 Å². The van der Waals surface area contributed by atoms with E-state index in [0.717, 1.165) is 51.1 Å². The molecule has 0 saturated carbocycles. The summed E-state index contributed by atoms with van der Waals surface area (Å²) < 4.78 is 0. The van der Waals surface area contributed by atoms with Gasteiger partial charge in [0.1, 0.15) is 0 Å². The van der Waals surface area contributed by atoms with E-state index in [2.05, 4.69) is 16.7 Å². The van der Waals surface area contributed by atoms with E-state index in [1.54, 1.807) is 0 Å². The maximum Gasteiger partial charge on any atom is 0.321 e. The number of benzene rings is 1. The molecule has 0 aromatic heterocycles. The maximum atomic E-state index is 12.2. The number of rotatable bonds is 2. The van der Waals surface area contributed by atoms with Crippen molar-refractivity contribution >= 4 is 11.7 Å². The number of carbonyl (C=O) groups is 1. The quantitative estimate of drug-likeness (QED) is 0.850. The number of amides is 2. The Balaban J connectivity index is 1.56. The van der Waals surface area contributed by atoms with Gasteiger partial charge in [-0.1, -0.05) is 18.2 Å². The fraction of sp³-hybridized carbons (Fsp3) is 0.533. The minimum Gasteiger partial charge on any atom is -0.337 e. The zero-order valence-electron chi connectivity index (χ0n) is 11.2. The molecule has 0 unspecified atom stereocenters. The van der Waals surface area contributed by atoms with Gasteiger partial charge in [0.25, 0.3) is 0 Å². The first kappa shape index (κ1) is 12.5. The van der Waals surface area contributed by atoms with E-state index in [1.807, 2.05) is 23.1 Å². The van der Waals surface area contributed by atoms with Gasteiger partial charge in [0.15, 0.2) is 0 Å². The standard InChI is InChI=1S/C15H21N3O/c19-15(17-11-12-5-8-16-9-6-12)18-10-7-13-3-1-2-4-14(13)18/h1-4,12,16H,5-11H2,(H,17,19). The van der Waals surface area contributed by atoms with Crippen molar-refractivity contribution in [3.8, 4) is 0 Å². The molecule has 2 aliphatic rings. The molecule has 0 bridgehead atoms. The minimum atomic E-state index is 0.0588. The average Bonchev–Trinajstić information content (AvgIpc) is 2.90. The third-order valence-electron chi connectivity index (χ3n) is 4.13. The second-order valence-electron chi connectivity index (χ2n) is 5.41. The molecule has 1 aromatic rings. The molecule has 2 heterocycles. The fourth-order valence-corrected chi connectivity index (χ4v) is 2.96. The monoisotopic (exact) mass is 259 g/mol. The second-order valence-corrected chi connectivity index (χ2v) is 5.41. The number of anilines is 1. The number of nitrogens with zero attached hydrogens (tertiary/aromatic N) is 1. The SMILES string of the molecule is O=C(NCC1CCNCC1)N1CCc2ccccc21. The van der Waals surface area contributed by atoms with Crippen molar-refractivity contribution in [2.24, 2.45) is 5.92 Å². The summed E-state index contributed by atoms with van der Waals surface area (Å²) in [6.45, 7) is 3.76. The highest BCUT2D eigenvalue weighted by atomic mass is 16.2. The lowest BCUT2D eigenvalue weighted by Crippen LogP contribution is -2.42. The summed E-state index contributed by atoms with van der Waals surface area (Å²) in [5, 5.41) is 6.44. The first-order valence-corrected chi connectivity index (χ1v) is 7.18. The Morgan fingerprint density at radius 3 is 2.95 bits per heavy atom. The predicted molar refractivity (Wildman–Crippen MR) is 76.5 cm³/mol. The summed E-state index contributed by atoms with van der Waals surface area (Å²) in [6, 6.07) is 8.23. The molecule has 19 heavy (non-hydrogen) atoms. The van der Waals surface area contributed by atoms with Crippen molar-refractivity contribution in [3.63, 3.8) is 0 Å². The lowest BCUT2D eigenvalue weighted by molar-refractivity contribution is 0.242. The van der Waals surface area contributed by atoms with Crippen LogP contribution < -0.4 is 15.5 Å². The molecule has 2 aliphatic heterocycles. The van der Waals surface area contributed by atoms with Crippen LogP contribution in [0.5, 0.6) is 0 Å². The topological polar surface area (TPSA) is 44.4 Å². The highest BCUT2D eigenvalue weighted by Crippen LogP contribution is 2.27. The molecule has 1 fully saturated rings. The smallest absolute Gasteiger partial charge is 0.321 e. The second kappa shape index (κ2) is 5.61. The number of carbonyl (C=O) groups excluding carboxylic acids is 1. The molecule has 1 saturated heterocycles. The third-order valence-corrected chi connectivity index (χ3v) is 4.13. The first-order valence-electron chi connectivity index (χ1n) is 7.18. The number of nitrogens with one attached hydrogen (secondary N) is 2. The van der Waals surface area contributed by atoms with Crippen LogP contribution in [0.3, 0.4) is 0 Å². The Morgan fingerprint density at radius 2 is 2.11 bits per heavy atom. The van der Waals surface area contributed by atoms with Gasteiger partial charge in [0.05, 0.1) is 0 Å². The van der Waals surface area contributed by atoms with E-state index in [-0.39, 0.29) is 6.03 Å². The first-order chi connectivity index (χ1) is 9.34. The zero-order valence-corrected chi connectivity index (χ0v) is 11.2. The summed E-state index contributed by atoms with van der Waals surface area (Å²) in [7, 11) is 0. The fourth-order valence-electron chi connectivity index (χ4n) is 2.96. The van der Waals surface area contributed by atoms with Crippen LogP contribution in [0.2, 0.25) is 0 Å². The summed E-state index contributed by atoms with van der Waals surface area (Å²) in [5.74, 6) is 0.628. The molecule has 4 heteroatoms. The van der Waals surface area contributed by atoms with Crippen molar-refractivity contribution in [1.29, 1.82) is 0 Å². The molecule has 4 nitrogen and oxygen atoms in total. The van der Waals surface area contributed by atoms with Gasteiger partial charge < -0.3 is 10.6 Å². The normalized spacial score (nSPS) is 19.3. The Labute approximate surface area is 114 Å². The van der Waals surface area contributed by atoms with Crippen LogP contribution in [-0.2, 0) is 6.42 Å². The lowest BCUT2D eigenvalue weighted by Gasteiger charge is -2.24. The van der Waals surface area contributed by atoms with Gasteiger partial charge in [-0.3, -0.25) is 4.90 Å². The van der Waals surface area contributed by atoms with Gasteiger partial charge in [-0.05, 0) is 49.9 Å². The van der Waals surface area contributed by atoms with Crippen molar-refractivity contribution in [2.75, 3.05) is 31.1 Å². The van der Waals surface area contributed by atoms with Gasteiger partial charge >= 0.3 is 6.03 Å². The van der Waals surface area contributed by atoms with Gasteiger partial charge in [-0.25, -0.2) is 4.79 Å². The largest absolute Gasteiger partial charge is 0.337 e. The van der Waals surface area contributed by atoms with Crippen LogP contribution in [0, 0.1) is 5.92 Å². The number of hydrogen-bond acceptors (Lipinski definition) is 2. The van der Waals surface area contributed by atoms with E-state index in [1.165, 1.54) is 5.56 Å². The van der Waals surface area contributed by atoms with Crippen molar-refractivity contribution in [2.45, 2.75) is 19.3 Å². The molecule has 2 N–H and O–H groups in total. The Bertz CT molecular complexity index is 454. The molecule has 3 rings (SSSR count). The van der Waals surface area contributed by atoms with Gasteiger partial charge in [-0.2, -0.15) is 0 Å². The van der Waals surface area contributed by atoms with E-state index >= 15 is 0 Å². The van der Waals surface area contributed by atoms with Gasteiger partial charge in [0, 0.05) is 18.8 Å². The van der Waals surface area contributed by atoms with Crippen LogP contribution in [-0.4, -0.2) is 32.2 Å². The zero-order chi connectivity index (χ0) is 13.1.